The Morgan fingerprint density at radius 3 is 2.20 bits per heavy atom. The fourth-order valence-corrected chi connectivity index (χ4v) is 2.62. The summed E-state index contributed by atoms with van der Waals surface area (Å²) in [6.45, 7) is 2.26. The summed E-state index contributed by atoms with van der Waals surface area (Å²) in [6, 6.07) is 18.1. The zero-order valence-electron chi connectivity index (χ0n) is 15.4. The third-order valence-electron chi connectivity index (χ3n) is 4.17. The molecule has 0 saturated carbocycles. The molecule has 0 unspecified atom stereocenters. The molecule has 0 spiro atoms. The van der Waals surface area contributed by atoms with Crippen molar-refractivity contribution in [3.05, 3.63) is 65.7 Å². The van der Waals surface area contributed by atoms with E-state index in [2.05, 4.69) is 17.0 Å². The first-order chi connectivity index (χ1) is 12.1. The minimum atomic E-state index is 0.196. The number of methoxy groups -OCH3 is 1. The van der Waals surface area contributed by atoms with Crippen molar-refractivity contribution in [2.45, 2.75) is 19.4 Å². The minimum absolute atomic E-state index is 0.196. The summed E-state index contributed by atoms with van der Waals surface area (Å²) < 4.78 is 5.17. The SMILES string of the molecule is COc1ccc(CCC(=O)N(CCN(C)C)Cc2ccccc2)cc1. The highest BCUT2D eigenvalue weighted by molar-refractivity contribution is 5.76. The molecule has 25 heavy (non-hydrogen) atoms. The van der Waals surface area contributed by atoms with E-state index in [0.29, 0.717) is 13.0 Å². The van der Waals surface area contributed by atoms with E-state index in [9.17, 15) is 4.79 Å². The first-order valence-corrected chi connectivity index (χ1v) is 8.68. The lowest BCUT2D eigenvalue weighted by Gasteiger charge is -2.24. The molecule has 0 N–H and O–H groups in total. The Morgan fingerprint density at radius 2 is 1.60 bits per heavy atom. The second-order valence-corrected chi connectivity index (χ2v) is 6.45. The van der Waals surface area contributed by atoms with Crippen LogP contribution in [0.15, 0.2) is 54.6 Å². The average molecular weight is 340 g/mol. The quantitative estimate of drug-likeness (QED) is 0.703. The minimum Gasteiger partial charge on any atom is -0.497 e. The number of nitrogens with zero attached hydrogens (tertiary/aromatic N) is 2. The molecular weight excluding hydrogens is 312 g/mol. The third kappa shape index (κ3) is 6.59. The number of ether oxygens (including phenoxy) is 1. The van der Waals surface area contributed by atoms with Crippen LogP contribution >= 0.6 is 0 Å². The Labute approximate surface area is 151 Å². The van der Waals surface area contributed by atoms with Gasteiger partial charge in [-0.1, -0.05) is 42.5 Å². The van der Waals surface area contributed by atoms with E-state index in [-0.39, 0.29) is 5.91 Å². The first kappa shape index (κ1) is 19.0. The van der Waals surface area contributed by atoms with Crippen LogP contribution in [-0.2, 0) is 17.8 Å². The number of hydrogen-bond donors (Lipinski definition) is 0. The van der Waals surface area contributed by atoms with Gasteiger partial charge >= 0.3 is 0 Å². The first-order valence-electron chi connectivity index (χ1n) is 8.68. The summed E-state index contributed by atoms with van der Waals surface area (Å²) in [5, 5.41) is 0. The maximum Gasteiger partial charge on any atom is 0.223 e. The summed E-state index contributed by atoms with van der Waals surface area (Å²) in [6.07, 6.45) is 1.27. The molecule has 0 aromatic heterocycles. The molecule has 4 heteroatoms. The van der Waals surface area contributed by atoms with Gasteiger partial charge in [0.2, 0.25) is 5.91 Å². The van der Waals surface area contributed by atoms with Gasteiger partial charge in [0.25, 0.3) is 0 Å². The van der Waals surface area contributed by atoms with Crippen LogP contribution in [0.5, 0.6) is 5.75 Å². The molecule has 0 aliphatic rings. The Balaban J connectivity index is 1.95. The standard InChI is InChI=1S/C21H28N2O2/c1-22(2)15-16-23(17-19-7-5-4-6-8-19)21(24)14-11-18-9-12-20(25-3)13-10-18/h4-10,12-13H,11,14-17H2,1-3H3. The third-order valence-corrected chi connectivity index (χ3v) is 4.17. The zero-order valence-corrected chi connectivity index (χ0v) is 15.4. The van der Waals surface area contributed by atoms with Gasteiger partial charge in [-0.3, -0.25) is 4.79 Å². The molecule has 0 radical (unpaired) electrons. The van der Waals surface area contributed by atoms with Crippen LogP contribution in [0.3, 0.4) is 0 Å². The van der Waals surface area contributed by atoms with Crippen molar-refractivity contribution in [1.29, 1.82) is 0 Å². The summed E-state index contributed by atoms with van der Waals surface area (Å²) in [7, 11) is 5.72. The molecule has 2 aromatic rings. The van der Waals surface area contributed by atoms with Crippen molar-refractivity contribution in [3.63, 3.8) is 0 Å². The molecule has 0 atom stereocenters. The molecule has 0 saturated heterocycles. The van der Waals surface area contributed by atoms with Gasteiger partial charge in [-0.2, -0.15) is 0 Å². The fraction of sp³-hybridized carbons (Fsp3) is 0.381. The molecule has 0 heterocycles. The Kier molecular flexibility index (Phi) is 7.48. The van der Waals surface area contributed by atoms with Crippen LogP contribution < -0.4 is 4.74 Å². The van der Waals surface area contributed by atoms with Gasteiger partial charge in [-0.25, -0.2) is 0 Å². The molecule has 134 valence electrons. The number of carbonyl (C=O) groups is 1. The monoisotopic (exact) mass is 340 g/mol. The van der Waals surface area contributed by atoms with Crippen LogP contribution in [0.25, 0.3) is 0 Å². The van der Waals surface area contributed by atoms with E-state index in [1.54, 1.807) is 7.11 Å². The van der Waals surface area contributed by atoms with E-state index in [0.717, 1.165) is 30.8 Å². The van der Waals surface area contributed by atoms with Gasteiger partial charge in [-0.05, 0) is 43.8 Å². The zero-order chi connectivity index (χ0) is 18.1. The number of carbonyl (C=O) groups excluding carboxylic acids is 1. The van der Waals surface area contributed by atoms with E-state index in [1.807, 2.05) is 61.5 Å². The van der Waals surface area contributed by atoms with Crippen molar-refractivity contribution >= 4 is 5.91 Å². The molecule has 2 aromatic carbocycles. The Morgan fingerprint density at radius 1 is 0.920 bits per heavy atom. The lowest BCUT2D eigenvalue weighted by Crippen LogP contribution is -2.36. The van der Waals surface area contributed by atoms with Crippen LogP contribution in [0.2, 0.25) is 0 Å². The van der Waals surface area contributed by atoms with Crippen molar-refractivity contribution in [3.8, 4) is 5.75 Å². The van der Waals surface area contributed by atoms with Gasteiger partial charge in [0.05, 0.1) is 7.11 Å². The van der Waals surface area contributed by atoms with Gasteiger partial charge in [0.15, 0.2) is 0 Å². The molecule has 0 aliphatic carbocycles. The van der Waals surface area contributed by atoms with Crippen molar-refractivity contribution in [2.75, 3.05) is 34.3 Å². The summed E-state index contributed by atoms with van der Waals surface area (Å²) in [5.41, 5.74) is 2.32. The number of benzene rings is 2. The Hall–Kier alpha value is -2.33. The fourth-order valence-electron chi connectivity index (χ4n) is 2.62. The molecule has 1 amide bonds. The Bertz CT molecular complexity index is 639. The number of aryl methyl sites for hydroxylation is 1. The van der Waals surface area contributed by atoms with Crippen molar-refractivity contribution in [2.24, 2.45) is 0 Å². The topological polar surface area (TPSA) is 32.8 Å². The average Bonchev–Trinajstić information content (AvgIpc) is 2.64. The number of rotatable bonds is 9. The van der Waals surface area contributed by atoms with Crippen LogP contribution in [0, 0.1) is 0 Å². The maximum atomic E-state index is 12.7. The normalized spacial score (nSPS) is 10.7. The highest BCUT2D eigenvalue weighted by Crippen LogP contribution is 2.14. The molecule has 2 rings (SSSR count). The molecule has 0 bridgehead atoms. The smallest absolute Gasteiger partial charge is 0.223 e. The van der Waals surface area contributed by atoms with E-state index >= 15 is 0 Å². The van der Waals surface area contributed by atoms with Gasteiger partial charge in [-0.15, -0.1) is 0 Å². The van der Waals surface area contributed by atoms with Crippen molar-refractivity contribution < 1.29 is 9.53 Å². The maximum absolute atomic E-state index is 12.7. The second kappa shape index (κ2) is 9.84. The van der Waals surface area contributed by atoms with Gasteiger partial charge < -0.3 is 14.5 Å². The number of amides is 1. The van der Waals surface area contributed by atoms with E-state index in [4.69, 9.17) is 4.74 Å². The van der Waals surface area contributed by atoms with E-state index < -0.39 is 0 Å². The van der Waals surface area contributed by atoms with Crippen LogP contribution in [-0.4, -0.2) is 50.0 Å². The highest BCUT2D eigenvalue weighted by Gasteiger charge is 2.14. The lowest BCUT2D eigenvalue weighted by molar-refractivity contribution is -0.131. The summed E-state index contributed by atoms with van der Waals surface area (Å²) in [4.78, 5) is 16.8. The second-order valence-electron chi connectivity index (χ2n) is 6.45. The van der Waals surface area contributed by atoms with Crippen molar-refractivity contribution in [1.82, 2.24) is 9.80 Å². The largest absolute Gasteiger partial charge is 0.497 e. The molecule has 0 aliphatic heterocycles. The van der Waals surface area contributed by atoms with Crippen LogP contribution in [0.4, 0.5) is 0 Å². The number of hydrogen-bond acceptors (Lipinski definition) is 3. The number of likely N-dealkylation sites (N-methyl/N-ethyl adjacent to an activating group) is 1. The predicted octanol–water partition coefficient (Wildman–Crippen LogP) is 3.22. The van der Waals surface area contributed by atoms with Crippen LogP contribution in [0.1, 0.15) is 17.5 Å². The van der Waals surface area contributed by atoms with Gasteiger partial charge in [0.1, 0.15) is 5.75 Å². The summed E-state index contributed by atoms with van der Waals surface area (Å²) in [5.74, 6) is 1.04. The van der Waals surface area contributed by atoms with Gasteiger partial charge in [0, 0.05) is 26.1 Å². The molecular formula is C21H28N2O2. The molecule has 4 nitrogen and oxygen atoms in total. The lowest BCUT2D eigenvalue weighted by atomic mass is 10.1. The summed E-state index contributed by atoms with van der Waals surface area (Å²) >= 11 is 0. The van der Waals surface area contributed by atoms with E-state index in [1.165, 1.54) is 5.56 Å². The predicted molar refractivity (Wildman–Crippen MR) is 102 cm³/mol. The molecule has 0 fully saturated rings. The highest BCUT2D eigenvalue weighted by atomic mass is 16.5.